The second-order valence-corrected chi connectivity index (χ2v) is 7.87. The number of aromatic nitrogens is 1. The molecule has 1 fully saturated rings. The predicted octanol–water partition coefficient (Wildman–Crippen LogP) is 0.936. The number of aryl methyl sites for hydroxylation is 2. The maximum absolute atomic E-state index is 12.8. The fourth-order valence-corrected chi connectivity index (χ4v) is 4.69. The number of carbonyl (C=O) groups is 1. The largest absolute Gasteiger partial charge is 0.360 e. The minimum Gasteiger partial charge on any atom is -0.360 e. The molecule has 0 atom stereocenters. The molecule has 144 valence electrons. The summed E-state index contributed by atoms with van der Waals surface area (Å²) in [6, 6.07) is 0. The maximum atomic E-state index is 12.8. The molecule has 0 bridgehead atoms. The van der Waals surface area contributed by atoms with E-state index in [4.69, 9.17) is 4.52 Å². The van der Waals surface area contributed by atoms with E-state index in [9.17, 15) is 13.2 Å². The monoisotopic (exact) mass is 394 g/mol. The first kappa shape index (κ1) is 21.9. The highest BCUT2D eigenvalue weighted by molar-refractivity contribution is 7.89. The van der Waals surface area contributed by atoms with E-state index in [1.165, 1.54) is 4.31 Å². The minimum atomic E-state index is -3.64. The second-order valence-electron chi connectivity index (χ2n) is 6.00. The summed E-state index contributed by atoms with van der Waals surface area (Å²) in [5, 5.41) is 6.75. The van der Waals surface area contributed by atoms with E-state index in [0.717, 1.165) is 13.0 Å². The highest BCUT2D eigenvalue weighted by Crippen LogP contribution is 2.24. The second kappa shape index (κ2) is 9.51. The molecule has 0 aliphatic carbocycles. The van der Waals surface area contributed by atoms with Gasteiger partial charge < -0.3 is 14.7 Å². The SMILES string of the molecule is CNCCCC(=O)N1CCCN(S(=O)(=O)c2c(C)noc2C)CC1.Cl. The molecule has 25 heavy (non-hydrogen) atoms. The van der Waals surface area contributed by atoms with Gasteiger partial charge in [-0.3, -0.25) is 4.79 Å². The first-order valence-electron chi connectivity index (χ1n) is 8.23. The van der Waals surface area contributed by atoms with Crippen LogP contribution in [0, 0.1) is 13.8 Å². The lowest BCUT2D eigenvalue weighted by Crippen LogP contribution is -2.37. The summed E-state index contributed by atoms with van der Waals surface area (Å²) in [6.07, 6.45) is 1.89. The van der Waals surface area contributed by atoms with E-state index in [1.54, 1.807) is 18.7 Å². The number of rotatable bonds is 6. The third kappa shape index (κ3) is 5.16. The van der Waals surface area contributed by atoms with Crippen molar-refractivity contribution in [3.05, 3.63) is 11.5 Å². The van der Waals surface area contributed by atoms with E-state index in [1.807, 2.05) is 7.05 Å². The van der Waals surface area contributed by atoms with Crippen molar-refractivity contribution in [2.24, 2.45) is 0 Å². The molecule has 1 aliphatic heterocycles. The molecule has 8 nitrogen and oxygen atoms in total. The van der Waals surface area contributed by atoms with Gasteiger partial charge in [0, 0.05) is 32.6 Å². The molecule has 0 saturated carbocycles. The zero-order chi connectivity index (χ0) is 17.7. The van der Waals surface area contributed by atoms with Gasteiger partial charge in [0.1, 0.15) is 10.6 Å². The van der Waals surface area contributed by atoms with Gasteiger partial charge in [0.2, 0.25) is 15.9 Å². The van der Waals surface area contributed by atoms with Crippen molar-refractivity contribution in [1.29, 1.82) is 0 Å². The van der Waals surface area contributed by atoms with Crippen molar-refractivity contribution in [3.63, 3.8) is 0 Å². The summed E-state index contributed by atoms with van der Waals surface area (Å²) in [7, 11) is -1.79. The first-order chi connectivity index (χ1) is 11.4. The smallest absolute Gasteiger partial charge is 0.248 e. The van der Waals surface area contributed by atoms with Gasteiger partial charge in [0.25, 0.3) is 0 Å². The lowest BCUT2D eigenvalue weighted by Gasteiger charge is -2.22. The van der Waals surface area contributed by atoms with Crippen molar-refractivity contribution >= 4 is 28.3 Å². The van der Waals surface area contributed by atoms with Gasteiger partial charge in [-0.05, 0) is 40.3 Å². The molecule has 0 spiro atoms. The molecule has 2 rings (SSSR count). The van der Waals surface area contributed by atoms with Crippen LogP contribution in [0.15, 0.2) is 9.42 Å². The van der Waals surface area contributed by atoms with E-state index in [-0.39, 0.29) is 23.2 Å². The van der Waals surface area contributed by atoms with E-state index >= 15 is 0 Å². The Morgan fingerprint density at radius 1 is 1.24 bits per heavy atom. The molecular formula is C15H27ClN4O4S. The van der Waals surface area contributed by atoms with Crippen LogP contribution >= 0.6 is 12.4 Å². The zero-order valence-electron chi connectivity index (χ0n) is 14.9. The molecule has 1 aromatic rings. The third-order valence-corrected chi connectivity index (χ3v) is 6.33. The Bertz CT molecular complexity index is 658. The Morgan fingerprint density at radius 3 is 2.56 bits per heavy atom. The summed E-state index contributed by atoms with van der Waals surface area (Å²) in [5.41, 5.74) is 0.372. The number of hydrogen-bond acceptors (Lipinski definition) is 6. The van der Waals surface area contributed by atoms with Gasteiger partial charge in [-0.1, -0.05) is 5.16 Å². The minimum absolute atomic E-state index is 0. The van der Waals surface area contributed by atoms with Gasteiger partial charge in [-0.2, -0.15) is 4.31 Å². The molecule has 1 aliphatic rings. The van der Waals surface area contributed by atoms with Crippen LogP contribution in [0.5, 0.6) is 0 Å². The number of nitrogens with one attached hydrogen (secondary N) is 1. The molecule has 0 radical (unpaired) electrons. The van der Waals surface area contributed by atoms with Crippen molar-refractivity contribution in [2.75, 3.05) is 39.8 Å². The number of nitrogens with zero attached hydrogens (tertiary/aromatic N) is 3. The Morgan fingerprint density at radius 2 is 1.96 bits per heavy atom. The molecule has 2 heterocycles. The number of sulfonamides is 1. The number of halogens is 1. The van der Waals surface area contributed by atoms with Crippen LogP contribution < -0.4 is 5.32 Å². The fourth-order valence-electron chi connectivity index (χ4n) is 2.93. The first-order valence-corrected chi connectivity index (χ1v) is 9.67. The van der Waals surface area contributed by atoms with Gasteiger partial charge in [0.05, 0.1) is 0 Å². The van der Waals surface area contributed by atoms with Crippen molar-refractivity contribution in [1.82, 2.24) is 19.7 Å². The molecule has 1 amide bonds. The van der Waals surface area contributed by atoms with E-state index < -0.39 is 10.0 Å². The third-order valence-electron chi connectivity index (χ3n) is 4.19. The van der Waals surface area contributed by atoms with Crippen LogP contribution in [-0.2, 0) is 14.8 Å². The van der Waals surface area contributed by atoms with Crippen LogP contribution in [0.4, 0.5) is 0 Å². The highest BCUT2D eigenvalue weighted by atomic mass is 35.5. The quantitative estimate of drug-likeness (QED) is 0.721. The molecule has 1 aromatic heterocycles. The Balaban J connectivity index is 0.00000312. The normalized spacial score (nSPS) is 16.4. The Hall–Kier alpha value is -1.16. The van der Waals surface area contributed by atoms with Crippen LogP contribution in [0.3, 0.4) is 0 Å². The standard InChI is InChI=1S/C15H26N4O4S.ClH/c1-12-15(13(2)23-17-12)24(21,22)19-9-5-8-18(10-11-19)14(20)6-4-7-16-3;/h16H,4-11H2,1-3H3;1H. The van der Waals surface area contributed by atoms with Crippen molar-refractivity contribution in [3.8, 4) is 0 Å². The van der Waals surface area contributed by atoms with Crippen LogP contribution in [-0.4, -0.2) is 68.5 Å². The van der Waals surface area contributed by atoms with Crippen molar-refractivity contribution < 1.29 is 17.7 Å². The van der Waals surface area contributed by atoms with Crippen LogP contribution in [0.2, 0.25) is 0 Å². The summed E-state index contributed by atoms with van der Waals surface area (Å²) < 4.78 is 32.1. The number of amides is 1. The fraction of sp³-hybridized carbons (Fsp3) is 0.733. The molecule has 0 unspecified atom stereocenters. The number of hydrogen-bond donors (Lipinski definition) is 1. The van der Waals surface area contributed by atoms with Crippen LogP contribution in [0.1, 0.15) is 30.7 Å². The van der Waals surface area contributed by atoms with Gasteiger partial charge in [-0.15, -0.1) is 12.4 Å². The van der Waals surface area contributed by atoms with Crippen molar-refractivity contribution in [2.45, 2.75) is 38.0 Å². The summed E-state index contributed by atoms with van der Waals surface area (Å²) in [4.78, 5) is 14.1. The Kier molecular flexibility index (Phi) is 8.33. The van der Waals surface area contributed by atoms with E-state index in [0.29, 0.717) is 50.5 Å². The molecule has 0 aromatic carbocycles. The molecule has 10 heteroatoms. The average Bonchev–Trinajstić information content (AvgIpc) is 2.76. The summed E-state index contributed by atoms with van der Waals surface area (Å²) in [6.45, 7) is 5.72. The topological polar surface area (TPSA) is 95.8 Å². The van der Waals surface area contributed by atoms with Crippen LogP contribution in [0.25, 0.3) is 0 Å². The average molecular weight is 395 g/mol. The predicted molar refractivity (Wildman–Crippen MR) is 96.3 cm³/mol. The molecule has 1 N–H and O–H groups in total. The number of carbonyl (C=O) groups excluding carboxylic acids is 1. The van der Waals surface area contributed by atoms with Gasteiger partial charge in [0.15, 0.2) is 5.76 Å². The lowest BCUT2D eigenvalue weighted by atomic mass is 10.2. The Labute approximate surface area is 155 Å². The maximum Gasteiger partial charge on any atom is 0.248 e. The highest BCUT2D eigenvalue weighted by Gasteiger charge is 2.32. The molecular weight excluding hydrogens is 368 g/mol. The van der Waals surface area contributed by atoms with Gasteiger partial charge in [-0.25, -0.2) is 8.42 Å². The summed E-state index contributed by atoms with van der Waals surface area (Å²) in [5.74, 6) is 0.388. The van der Waals surface area contributed by atoms with Gasteiger partial charge >= 0.3 is 0 Å². The van der Waals surface area contributed by atoms with E-state index in [2.05, 4.69) is 10.5 Å². The zero-order valence-corrected chi connectivity index (χ0v) is 16.6. The molecule has 1 saturated heterocycles. The summed E-state index contributed by atoms with van der Waals surface area (Å²) >= 11 is 0. The lowest BCUT2D eigenvalue weighted by molar-refractivity contribution is -0.131.